The number of hydrogen-bond acceptors (Lipinski definition) is 2. The first-order chi connectivity index (χ1) is 9.31. The molecule has 4 nitrogen and oxygen atoms in total. The number of fused-ring (bicyclic) bond motifs is 1. The summed E-state index contributed by atoms with van der Waals surface area (Å²) >= 11 is 0. The van der Waals surface area contributed by atoms with Gasteiger partial charge < -0.3 is 9.67 Å². The molecular weight excluding hydrogens is 273 g/mol. The molecule has 20 heavy (non-hydrogen) atoms. The van der Waals surface area contributed by atoms with Gasteiger partial charge in [0.1, 0.15) is 5.82 Å². The fourth-order valence-electron chi connectivity index (χ4n) is 2.07. The lowest BCUT2D eigenvalue weighted by Crippen LogP contribution is -2.13. The van der Waals surface area contributed by atoms with Crippen molar-refractivity contribution in [3.05, 3.63) is 29.6 Å². The average Bonchev–Trinajstić information content (AvgIpc) is 2.72. The molecule has 1 N–H and O–H groups in total. The van der Waals surface area contributed by atoms with Gasteiger partial charge in [-0.2, -0.15) is 13.2 Å². The Morgan fingerprint density at radius 3 is 2.65 bits per heavy atom. The van der Waals surface area contributed by atoms with Crippen molar-refractivity contribution in [2.75, 3.05) is 0 Å². The van der Waals surface area contributed by atoms with E-state index in [9.17, 15) is 18.0 Å². The van der Waals surface area contributed by atoms with Crippen molar-refractivity contribution in [2.45, 2.75) is 32.5 Å². The molecule has 0 radical (unpaired) electrons. The summed E-state index contributed by atoms with van der Waals surface area (Å²) in [5, 5.41) is 8.90. The number of aromatic carboxylic acids is 1. The molecule has 108 valence electrons. The van der Waals surface area contributed by atoms with Gasteiger partial charge in [-0.05, 0) is 18.2 Å². The Balaban J connectivity index is 2.44. The summed E-state index contributed by atoms with van der Waals surface area (Å²) in [7, 11) is 0. The largest absolute Gasteiger partial charge is 0.478 e. The quantitative estimate of drug-likeness (QED) is 0.938. The van der Waals surface area contributed by atoms with Gasteiger partial charge in [-0.3, -0.25) is 0 Å². The van der Waals surface area contributed by atoms with Gasteiger partial charge in [-0.15, -0.1) is 0 Å². The lowest BCUT2D eigenvalue weighted by Gasteiger charge is -2.10. The molecule has 0 atom stereocenters. The van der Waals surface area contributed by atoms with Crippen LogP contribution in [0.1, 0.15) is 29.5 Å². The maximum absolute atomic E-state index is 12.3. The maximum atomic E-state index is 12.3. The van der Waals surface area contributed by atoms with Crippen LogP contribution in [0.5, 0.6) is 0 Å². The van der Waals surface area contributed by atoms with Crippen molar-refractivity contribution in [2.24, 2.45) is 0 Å². The van der Waals surface area contributed by atoms with Crippen LogP contribution in [-0.4, -0.2) is 26.8 Å². The highest BCUT2D eigenvalue weighted by Gasteiger charge is 2.27. The Kier molecular flexibility index (Phi) is 3.69. The van der Waals surface area contributed by atoms with Crippen LogP contribution in [0.25, 0.3) is 11.0 Å². The minimum atomic E-state index is -4.23. The van der Waals surface area contributed by atoms with E-state index in [1.807, 2.05) is 0 Å². The van der Waals surface area contributed by atoms with Crippen LogP contribution < -0.4 is 0 Å². The van der Waals surface area contributed by atoms with E-state index in [-0.39, 0.29) is 12.1 Å². The molecule has 1 aromatic carbocycles. The number of halogens is 3. The van der Waals surface area contributed by atoms with Crippen LogP contribution in [0.2, 0.25) is 0 Å². The Labute approximate surface area is 112 Å². The second-order valence-corrected chi connectivity index (χ2v) is 4.41. The molecule has 0 saturated heterocycles. The van der Waals surface area contributed by atoms with Crippen molar-refractivity contribution >= 4 is 17.0 Å². The Bertz CT molecular complexity index is 647. The second-order valence-electron chi connectivity index (χ2n) is 4.41. The van der Waals surface area contributed by atoms with E-state index < -0.39 is 18.6 Å². The van der Waals surface area contributed by atoms with E-state index in [1.165, 1.54) is 22.8 Å². The molecule has 2 aromatic rings. The molecule has 0 bridgehead atoms. The summed E-state index contributed by atoms with van der Waals surface area (Å²) in [6, 6.07) is 4.25. The number of aromatic nitrogens is 2. The summed E-state index contributed by atoms with van der Waals surface area (Å²) in [6.45, 7) is 1.58. The Morgan fingerprint density at radius 2 is 2.10 bits per heavy atom. The van der Waals surface area contributed by atoms with E-state index in [4.69, 9.17) is 5.11 Å². The molecule has 0 spiro atoms. The van der Waals surface area contributed by atoms with Crippen molar-refractivity contribution in [1.29, 1.82) is 0 Å². The molecule has 0 aliphatic rings. The second kappa shape index (κ2) is 5.15. The van der Waals surface area contributed by atoms with E-state index >= 15 is 0 Å². The molecule has 1 heterocycles. The van der Waals surface area contributed by atoms with Gasteiger partial charge in [-0.25, -0.2) is 9.78 Å². The van der Waals surface area contributed by atoms with Crippen LogP contribution in [0.3, 0.4) is 0 Å². The number of rotatable bonds is 4. The number of hydrogen-bond donors (Lipinski definition) is 1. The fraction of sp³-hybridized carbons (Fsp3) is 0.385. The number of benzene rings is 1. The number of alkyl halides is 3. The summed E-state index contributed by atoms with van der Waals surface area (Å²) in [5.74, 6) is -0.568. The Hall–Kier alpha value is -2.05. The third-order valence-corrected chi connectivity index (χ3v) is 3.01. The molecule has 0 unspecified atom stereocenters. The van der Waals surface area contributed by atoms with Crippen molar-refractivity contribution in [1.82, 2.24) is 9.55 Å². The number of nitrogens with zero attached hydrogens (tertiary/aromatic N) is 2. The van der Waals surface area contributed by atoms with Gasteiger partial charge in [0.05, 0.1) is 23.0 Å². The standard InChI is InChI=1S/C13H13F3N2O2/c1-2-11-17-9-7-8(12(19)20)3-4-10(9)18(11)6-5-13(14,15)16/h3-4,7H,2,5-6H2,1H3,(H,19,20). The number of carboxylic acids is 1. The number of carbonyl (C=O) groups is 1. The predicted molar refractivity (Wildman–Crippen MR) is 66.7 cm³/mol. The smallest absolute Gasteiger partial charge is 0.390 e. The molecule has 7 heteroatoms. The zero-order valence-corrected chi connectivity index (χ0v) is 10.7. The van der Waals surface area contributed by atoms with Crippen molar-refractivity contribution in [3.8, 4) is 0 Å². The van der Waals surface area contributed by atoms with Crippen LogP contribution in [0.15, 0.2) is 18.2 Å². The van der Waals surface area contributed by atoms with Crippen molar-refractivity contribution < 1.29 is 23.1 Å². The third-order valence-electron chi connectivity index (χ3n) is 3.01. The van der Waals surface area contributed by atoms with Gasteiger partial charge >= 0.3 is 12.1 Å². The maximum Gasteiger partial charge on any atom is 0.390 e. The molecule has 0 fully saturated rings. The molecule has 2 rings (SSSR count). The van der Waals surface area contributed by atoms with E-state index in [1.54, 1.807) is 6.92 Å². The van der Waals surface area contributed by atoms with E-state index in [2.05, 4.69) is 4.98 Å². The highest BCUT2D eigenvalue weighted by Crippen LogP contribution is 2.24. The Morgan fingerprint density at radius 1 is 1.40 bits per heavy atom. The number of carboxylic acid groups (broad SMARTS) is 1. The average molecular weight is 286 g/mol. The highest BCUT2D eigenvalue weighted by molar-refractivity contribution is 5.92. The number of aryl methyl sites for hydroxylation is 2. The molecule has 0 aliphatic carbocycles. The van der Waals surface area contributed by atoms with Gasteiger partial charge in [0.25, 0.3) is 0 Å². The topological polar surface area (TPSA) is 55.1 Å². The third kappa shape index (κ3) is 2.92. The van der Waals surface area contributed by atoms with Crippen molar-refractivity contribution in [3.63, 3.8) is 0 Å². The van der Waals surface area contributed by atoms with E-state index in [0.29, 0.717) is 23.3 Å². The first-order valence-electron chi connectivity index (χ1n) is 6.11. The van der Waals surface area contributed by atoms with E-state index in [0.717, 1.165) is 0 Å². The minimum absolute atomic E-state index is 0.0700. The van der Waals surface area contributed by atoms with Crippen LogP contribution >= 0.6 is 0 Å². The van der Waals surface area contributed by atoms with Crippen LogP contribution in [0.4, 0.5) is 13.2 Å². The van der Waals surface area contributed by atoms with Crippen LogP contribution in [0, 0.1) is 0 Å². The summed E-state index contributed by atoms with van der Waals surface area (Å²) in [6.07, 6.45) is -4.69. The zero-order chi connectivity index (χ0) is 14.9. The van der Waals surface area contributed by atoms with Gasteiger partial charge in [-0.1, -0.05) is 6.92 Å². The zero-order valence-electron chi connectivity index (χ0n) is 10.7. The molecule has 0 saturated carbocycles. The minimum Gasteiger partial charge on any atom is -0.478 e. The van der Waals surface area contributed by atoms with Gasteiger partial charge in [0.2, 0.25) is 0 Å². The monoisotopic (exact) mass is 286 g/mol. The lowest BCUT2D eigenvalue weighted by atomic mass is 10.2. The summed E-state index contributed by atoms with van der Waals surface area (Å²) < 4.78 is 38.5. The van der Waals surface area contributed by atoms with Gasteiger partial charge in [0.15, 0.2) is 0 Å². The highest BCUT2D eigenvalue weighted by atomic mass is 19.4. The summed E-state index contributed by atoms with van der Waals surface area (Å²) in [4.78, 5) is 15.1. The van der Waals surface area contributed by atoms with Gasteiger partial charge in [0, 0.05) is 13.0 Å². The number of imidazole rings is 1. The van der Waals surface area contributed by atoms with Crippen LogP contribution in [-0.2, 0) is 13.0 Å². The molecule has 1 aromatic heterocycles. The first-order valence-corrected chi connectivity index (χ1v) is 6.11. The molecular formula is C13H13F3N2O2. The molecule has 0 amide bonds. The normalized spacial score (nSPS) is 12.0. The SMILES string of the molecule is CCc1nc2cc(C(=O)O)ccc2n1CCC(F)(F)F. The lowest BCUT2D eigenvalue weighted by molar-refractivity contribution is -0.136. The fourth-order valence-corrected chi connectivity index (χ4v) is 2.07. The first kappa shape index (κ1) is 14.4. The predicted octanol–water partition coefficient (Wildman–Crippen LogP) is 3.25. The summed E-state index contributed by atoms with van der Waals surface area (Å²) in [5.41, 5.74) is 1.00. The molecule has 0 aliphatic heterocycles.